The molecule has 0 fully saturated rings. The molecule has 4 aromatic rings. The fraction of sp³-hybridized carbons (Fsp3) is 0.296. The van der Waals surface area contributed by atoms with Crippen molar-refractivity contribution >= 4 is 27.6 Å². The lowest BCUT2D eigenvalue weighted by molar-refractivity contribution is 0.0720. The first-order valence-corrected chi connectivity index (χ1v) is 11.6. The molecule has 0 spiro atoms. The molecule has 5 rings (SSSR count). The highest BCUT2D eigenvalue weighted by Gasteiger charge is 2.42. The largest absolute Gasteiger partial charge is 0.450 e. The van der Waals surface area contributed by atoms with Gasteiger partial charge in [0.05, 0.1) is 17.0 Å². The zero-order valence-electron chi connectivity index (χ0n) is 19.0. The standard InChI is InChI=1S/C27H27N3O3/c1-3-29(4-2)16-7-17-30-23(19-12-14-28-15-13-19)22-24(31)21-11-10-18-8-5-6-9-20(18)25(21)33-26(22)27(30)32/h5-6,8-15,23H,3-4,7,16-17H2,1-2H3. The maximum Gasteiger partial charge on any atom is 0.290 e. The van der Waals surface area contributed by atoms with Crippen molar-refractivity contribution in [3.63, 3.8) is 0 Å². The number of hydrogen-bond donors (Lipinski definition) is 0. The first-order valence-electron chi connectivity index (χ1n) is 11.6. The molecule has 168 valence electrons. The quantitative estimate of drug-likeness (QED) is 0.392. The van der Waals surface area contributed by atoms with Gasteiger partial charge in [0.2, 0.25) is 5.76 Å². The van der Waals surface area contributed by atoms with Crippen LogP contribution in [0.25, 0.3) is 21.7 Å². The summed E-state index contributed by atoms with van der Waals surface area (Å²) in [5.41, 5.74) is 1.63. The summed E-state index contributed by atoms with van der Waals surface area (Å²) in [7, 11) is 0. The minimum Gasteiger partial charge on any atom is -0.450 e. The highest BCUT2D eigenvalue weighted by molar-refractivity contribution is 6.06. The maximum atomic E-state index is 13.8. The van der Waals surface area contributed by atoms with E-state index in [2.05, 4.69) is 23.7 Å². The number of carbonyl (C=O) groups is 1. The highest BCUT2D eigenvalue weighted by atomic mass is 16.3. The second-order valence-corrected chi connectivity index (χ2v) is 8.40. The molecule has 1 aliphatic rings. The lowest BCUT2D eigenvalue weighted by Gasteiger charge is -2.26. The zero-order chi connectivity index (χ0) is 22.9. The Labute approximate surface area is 192 Å². The number of benzene rings is 2. The third-order valence-corrected chi connectivity index (χ3v) is 6.65. The molecule has 1 unspecified atom stereocenters. The molecule has 33 heavy (non-hydrogen) atoms. The second-order valence-electron chi connectivity index (χ2n) is 8.40. The van der Waals surface area contributed by atoms with Crippen molar-refractivity contribution in [2.24, 2.45) is 0 Å². The Bertz CT molecular complexity index is 1380. The van der Waals surface area contributed by atoms with Gasteiger partial charge in [-0.05, 0) is 55.2 Å². The number of nitrogens with zero attached hydrogens (tertiary/aromatic N) is 3. The summed E-state index contributed by atoms with van der Waals surface area (Å²) < 4.78 is 6.25. The van der Waals surface area contributed by atoms with Crippen LogP contribution < -0.4 is 5.43 Å². The molecule has 6 nitrogen and oxygen atoms in total. The molecule has 0 saturated heterocycles. The van der Waals surface area contributed by atoms with E-state index >= 15 is 0 Å². The van der Waals surface area contributed by atoms with E-state index in [0.717, 1.165) is 42.4 Å². The summed E-state index contributed by atoms with van der Waals surface area (Å²) >= 11 is 0. The molecule has 6 heteroatoms. The molecule has 0 aliphatic carbocycles. The Morgan fingerprint density at radius 2 is 1.73 bits per heavy atom. The fourth-order valence-electron chi connectivity index (χ4n) is 4.88. The first-order chi connectivity index (χ1) is 16.1. The molecule has 0 radical (unpaired) electrons. The van der Waals surface area contributed by atoms with Crippen LogP contribution in [0.4, 0.5) is 0 Å². The summed E-state index contributed by atoms with van der Waals surface area (Å²) in [6.45, 7) is 7.65. The van der Waals surface area contributed by atoms with Crippen molar-refractivity contribution in [2.75, 3.05) is 26.2 Å². The van der Waals surface area contributed by atoms with E-state index in [-0.39, 0.29) is 17.1 Å². The lowest BCUT2D eigenvalue weighted by Crippen LogP contribution is -2.33. The molecule has 0 N–H and O–H groups in total. The van der Waals surface area contributed by atoms with E-state index in [1.807, 2.05) is 42.5 Å². The monoisotopic (exact) mass is 441 g/mol. The van der Waals surface area contributed by atoms with E-state index in [0.29, 0.717) is 23.1 Å². The smallest absolute Gasteiger partial charge is 0.290 e. The molecule has 3 heterocycles. The average molecular weight is 442 g/mol. The van der Waals surface area contributed by atoms with Crippen LogP contribution in [0.3, 0.4) is 0 Å². The lowest BCUT2D eigenvalue weighted by atomic mass is 9.98. The van der Waals surface area contributed by atoms with Gasteiger partial charge in [-0.15, -0.1) is 0 Å². The number of pyridine rings is 1. The predicted molar refractivity (Wildman–Crippen MR) is 130 cm³/mol. The van der Waals surface area contributed by atoms with Crippen LogP contribution in [0.5, 0.6) is 0 Å². The third-order valence-electron chi connectivity index (χ3n) is 6.65. The Morgan fingerprint density at radius 3 is 2.48 bits per heavy atom. The van der Waals surface area contributed by atoms with Gasteiger partial charge in [0, 0.05) is 24.3 Å². The summed E-state index contributed by atoms with van der Waals surface area (Å²) in [6, 6.07) is 14.8. The van der Waals surface area contributed by atoms with Gasteiger partial charge in [0.1, 0.15) is 5.58 Å². The van der Waals surface area contributed by atoms with Crippen molar-refractivity contribution in [1.29, 1.82) is 0 Å². The Hall–Kier alpha value is -3.51. The molecular formula is C27H27N3O3. The van der Waals surface area contributed by atoms with Gasteiger partial charge in [-0.2, -0.15) is 0 Å². The molecule has 0 saturated carbocycles. The SMILES string of the molecule is CCN(CC)CCCN1C(=O)c2oc3c(ccc4ccccc43)c(=O)c2C1c1ccncc1. The van der Waals surface area contributed by atoms with Crippen LogP contribution in [0, 0.1) is 0 Å². The maximum absolute atomic E-state index is 13.8. The molecular weight excluding hydrogens is 414 g/mol. The fourth-order valence-corrected chi connectivity index (χ4v) is 4.88. The number of hydrogen-bond acceptors (Lipinski definition) is 5. The number of rotatable bonds is 7. The van der Waals surface area contributed by atoms with E-state index < -0.39 is 6.04 Å². The number of amides is 1. The number of aromatic nitrogens is 1. The minimum absolute atomic E-state index is 0.140. The van der Waals surface area contributed by atoms with Crippen LogP contribution >= 0.6 is 0 Å². The van der Waals surface area contributed by atoms with Crippen LogP contribution in [0.1, 0.15) is 48.0 Å². The number of fused-ring (bicyclic) bond motifs is 4. The zero-order valence-corrected chi connectivity index (χ0v) is 19.0. The van der Waals surface area contributed by atoms with Crippen LogP contribution in [0.2, 0.25) is 0 Å². The van der Waals surface area contributed by atoms with E-state index in [9.17, 15) is 9.59 Å². The molecule has 1 atom stereocenters. The van der Waals surface area contributed by atoms with Gasteiger partial charge in [0.15, 0.2) is 5.43 Å². The average Bonchev–Trinajstić information content (AvgIpc) is 3.14. The van der Waals surface area contributed by atoms with Crippen LogP contribution in [-0.4, -0.2) is 46.9 Å². The van der Waals surface area contributed by atoms with Crippen molar-refractivity contribution in [1.82, 2.24) is 14.8 Å². The molecule has 1 amide bonds. The van der Waals surface area contributed by atoms with Crippen LogP contribution in [-0.2, 0) is 0 Å². The van der Waals surface area contributed by atoms with E-state index in [1.165, 1.54) is 0 Å². The Balaban J connectivity index is 1.65. The first kappa shape index (κ1) is 21.3. The molecule has 0 bridgehead atoms. The van der Waals surface area contributed by atoms with Crippen molar-refractivity contribution < 1.29 is 9.21 Å². The second kappa shape index (κ2) is 8.79. The molecule has 2 aromatic carbocycles. The topological polar surface area (TPSA) is 66.7 Å². The van der Waals surface area contributed by atoms with Gasteiger partial charge in [-0.1, -0.05) is 44.2 Å². The van der Waals surface area contributed by atoms with E-state index in [4.69, 9.17) is 4.42 Å². The Kier molecular flexibility index (Phi) is 5.68. The highest BCUT2D eigenvalue weighted by Crippen LogP contribution is 2.39. The Morgan fingerprint density at radius 1 is 0.970 bits per heavy atom. The van der Waals surface area contributed by atoms with Gasteiger partial charge in [-0.25, -0.2) is 0 Å². The molecule has 1 aliphatic heterocycles. The van der Waals surface area contributed by atoms with Gasteiger partial charge in [-0.3, -0.25) is 14.6 Å². The van der Waals surface area contributed by atoms with Crippen molar-refractivity contribution in [3.8, 4) is 0 Å². The summed E-state index contributed by atoms with van der Waals surface area (Å²) in [5.74, 6) is -0.0632. The van der Waals surface area contributed by atoms with Gasteiger partial charge in [0.25, 0.3) is 5.91 Å². The third kappa shape index (κ3) is 3.60. The summed E-state index contributed by atoms with van der Waals surface area (Å²) in [6.07, 6.45) is 4.21. The van der Waals surface area contributed by atoms with Gasteiger partial charge >= 0.3 is 0 Å². The predicted octanol–water partition coefficient (Wildman–Crippen LogP) is 4.62. The van der Waals surface area contributed by atoms with Gasteiger partial charge < -0.3 is 14.2 Å². The van der Waals surface area contributed by atoms with E-state index in [1.54, 1.807) is 23.4 Å². The van der Waals surface area contributed by atoms with Crippen LogP contribution in [0.15, 0.2) is 70.1 Å². The minimum atomic E-state index is -0.473. The summed E-state index contributed by atoms with van der Waals surface area (Å²) in [4.78, 5) is 35.6. The molecule has 2 aromatic heterocycles. The normalized spacial score (nSPS) is 15.7. The summed E-state index contributed by atoms with van der Waals surface area (Å²) in [5, 5.41) is 2.31. The van der Waals surface area contributed by atoms with Crippen molar-refractivity contribution in [2.45, 2.75) is 26.3 Å². The number of carbonyl (C=O) groups excluding carboxylic acids is 1. The van der Waals surface area contributed by atoms with Crippen molar-refractivity contribution in [3.05, 3.63) is 88.0 Å².